The molecular formula is C14H15F2NO. The molecule has 2 nitrogen and oxygen atoms in total. The number of aliphatic hydroxyl groups excluding tert-OH is 1. The van der Waals surface area contributed by atoms with Gasteiger partial charge in [0.25, 0.3) is 0 Å². The fourth-order valence-electron chi connectivity index (χ4n) is 1.92. The van der Waals surface area contributed by atoms with Crippen LogP contribution >= 0.6 is 0 Å². The van der Waals surface area contributed by atoms with Crippen molar-refractivity contribution >= 4 is 0 Å². The van der Waals surface area contributed by atoms with Crippen LogP contribution in [0.25, 0.3) is 0 Å². The van der Waals surface area contributed by atoms with Gasteiger partial charge in [0.15, 0.2) is 0 Å². The molecule has 0 fully saturated rings. The van der Waals surface area contributed by atoms with Crippen LogP contribution in [0, 0.1) is 11.6 Å². The molecule has 0 saturated carbocycles. The van der Waals surface area contributed by atoms with Crippen molar-refractivity contribution in [1.82, 2.24) is 4.98 Å². The van der Waals surface area contributed by atoms with Gasteiger partial charge in [0, 0.05) is 24.4 Å². The SMILES string of the molecule is CCc1cc(CC(O)c2cc(F)cc(F)c2)c[nH]1. The fraction of sp³-hybridized carbons (Fsp3) is 0.286. The molecule has 2 N–H and O–H groups in total. The molecule has 0 aliphatic carbocycles. The van der Waals surface area contributed by atoms with Gasteiger partial charge in [0.1, 0.15) is 11.6 Å². The Kier molecular flexibility index (Phi) is 3.77. The van der Waals surface area contributed by atoms with Crippen molar-refractivity contribution in [1.29, 1.82) is 0 Å². The van der Waals surface area contributed by atoms with Crippen LogP contribution < -0.4 is 0 Å². The van der Waals surface area contributed by atoms with E-state index in [9.17, 15) is 13.9 Å². The van der Waals surface area contributed by atoms with E-state index in [0.29, 0.717) is 6.42 Å². The van der Waals surface area contributed by atoms with Crippen LogP contribution in [0.3, 0.4) is 0 Å². The molecular weight excluding hydrogens is 236 g/mol. The normalized spacial score (nSPS) is 12.7. The second-order valence-corrected chi connectivity index (χ2v) is 4.31. The van der Waals surface area contributed by atoms with Gasteiger partial charge in [0.2, 0.25) is 0 Å². The lowest BCUT2D eigenvalue weighted by Crippen LogP contribution is -2.02. The van der Waals surface area contributed by atoms with Gasteiger partial charge >= 0.3 is 0 Å². The number of nitrogens with one attached hydrogen (secondary N) is 1. The van der Waals surface area contributed by atoms with Crippen molar-refractivity contribution in [3.05, 3.63) is 58.9 Å². The maximum Gasteiger partial charge on any atom is 0.126 e. The summed E-state index contributed by atoms with van der Waals surface area (Å²) in [6.07, 6.45) is 2.11. The Morgan fingerprint density at radius 3 is 2.39 bits per heavy atom. The monoisotopic (exact) mass is 251 g/mol. The molecule has 0 saturated heterocycles. The molecule has 0 aliphatic heterocycles. The molecule has 0 radical (unpaired) electrons. The third kappa shape index (κ3) is 2.96. The summed E-state index contributed by atoms with van der Waals surface area (Å²) < 4.78 is 26.1. The molecule has 1 unspecified atom stereocenters. The Balaban J connectivity index is 2.13. The smallest absolute Gasteiger partial charge is 0.126 e. The van der Waals surface area contributed by atoms with Crippen LogP contribution in [0.1, 0.15) is 29.8 Å². The van der Waals surface area contributed by atoms with Gasteiger partial charge in [-0.25, -0.2) is 8.78 Å². The van der Waals surface area contributed by atoms with E-state index in [2.05, 4.69) is 4.98 Å². The number of hydrogen-bond acceptors (Lipinski definition) is 1. The highest BCUT2D eigenvalue weighted by atomic mass is 19.1. The quantitative estimate of drug-likeness (QED) is 0.860. The molecule has 1 heterocycles. The number of rotatable bonds is 4. The number of aliphatic hydroxyl groups is 1. The topological polar surface area (TPSA) is 36.0 Å². The minimum Gasteiger partial charge on any atom is -0.388 e. The summed E-state index contributed by atoms with van der Waals surface area (Å²) in [7, 11) is 0. The van der Waals surface area contributed by atoms with Crippen LogP contribution in [-0.2, 0) is 12.8 Å². The van der Waals surface area contributed by atoms with Crippen molar-refractivity contribution in [2.45, 2.75) is 25.9 Å². The number of aryl methyl sites for hydroxylation is 1. The summed E-state index contributed by atoms with van der Waals surface area (Å²) in [5, 5.41) is 9.96. The maximum absolute atomic E-state index is 13.0. The predicted octanol–water partition coefficient (Wildman–Crippen LogP) is 3.13. The number of aromatic nitrogens is 1. The first-order valence-electron chi connectivity index (χ1n) is 5.88. The summed E-state index contributed by atoms with van der Waals surface area (Å²) in [5.74, 6) is -1.35. The highest BCUT2D eigenvalue weighted by Crippen LogP contribution is 2.21. The maximum atomic E-state index is 13.0. The summed E-state index contributed by atoms with van der Waals surface area (Å²) in [4.78, 5) is 3.08. The lowest BCUT2D eigenvalue weighted by atomic mass is 10.0. The highest BCUT2D eigenvalue weighted by molar-refractivity contribution is 5.24. The first-order chi connectivity index (χ1) is 8.58. The Labute approximate surface area is 104 Å². The zero-order valence-corrected chi connectivity index (χ0v) is 10.1. The van der Waals surface area contributed by atoms with Gasteiger partial charge in [-0.2, -0.15) is 0 Å². The van der Waals surface area contributed by atoms with Crippen molar-refractivity contribution < 1.29 is 13.9 Å². The second-order valence-electron chi connectivity index (χ2n) is 4.31. The van der Waals surface area contributed by atoms with E-state index in [1.807, 2.05) is 13.0 Å². The van der Waals surface area contributed by atoms with Crippen LogP contribution in [0.15, 0.2) is 30.5 Å². The lowest BCUT2D eigenvalue weighted by Gasteiger charge is -2.10. The molecule has 96 valence electrons. The number of aromatic amines is 1. The third-order valence-electron chi connectivity index (χ3n) is 2.88. The zero-order valence-electron chi connectivity index (χ0n) is 10.1. The number of hydrogen-bond donors (Lipinski definition) is 2. The third-order valence-corrected chi connectivity index (χ3v) is 2.88. The molecule has 4 heteroatoms. The minimum absolute atomic E-state index is 0.256. The fourth-order valence-corrected chi connectivity index (χ4v) is 1.92. The number of H-pyrrole nitrogens is 1. The summed E-state index contributed by atoms with van der Waals surface area (Å²) >= 11 is 0. The average Bonchev–Trinajstić information content (AvgIpc) is 2.75. The van der Waals surface area contributed by atoms with E-state index < -0.39 is 17.7 Å². The molecule has 1 atom stereocenters. The van der Waals surface area contributed by atoms with E-state index in [4.69, 9.17) is 0 Å². The molecule has 1 aromatic heterocycles. The van der Waals surface area contributed by atoms with Crippen LogP contribution in [-0.4, -0.2) is 10.1 Å². The van der Waals surface area contributed by atoms with Gasteiger partial charge < -0.3 is 10.1 Å². The van der Waals surface area contributed by atoms with Crippen molar-refractivity contribution in [2.75, 3.05) is 0 Å². The van der Waals surface area contributed by atoms with Gasteiger partial charge in [0.05, 0.1) is 6.10 Å². The molecule has 0 aliphatic rings. The van der Waals surface area contributed by atoms with Crippen LogP contribution in [0.4, 0.5) is 8.78 Å². The molecule has 2 rings (SSSR count). The highest BCUT2D eigenvalue weighted by Gasteiger charge is 2.12. The largest absolute Gasteiger partial charge is 0.388 e. The van der Waals surface area contributed by atoms with Crippen LogP contribution in [0.5, 0.6) is 0 Å². The Hall–Kier alpha value is -1.68. The van der Waals surface area contributed by atoms with Crippen molar-refractivity contribution in [3.63, 3.8) is 0 Å². The van der Waals surface area contributed by atoms with E-state index >= 15 is 0 Å². The van der Waals surface area contributed by atoms with Crippen LogP contribution in [0.2, 0.25) is 0 Å². The second kappa shape index (κ2) is 5.31. The molecule has 2 aromatic rings. The summed E-state index contributed by atoms with van der Waals surface area (Å²) in [5.41, 5.74) is 2.25. The zero-order chi connectivity index (χ0) is 13.1. The Bertz CT molecular complexity index is 516. The molecule has 1 aromatic carbocycles. The van der Waals surface area contributed by atoms with Gasteiger partial charge in [-0.3, -0.25) is 0 Å². The van der Waals surface area contributed by atoms with E-state index in [1.165, 1.54) is 0 Å². The lowest BCUT2D eigenvalue weighted by molar-refractivity contribution is 0.177. The molecule has 0 spiro atoms. The summed E-state index contributed by atoms with van der Waals surface area (Å²) in [6, 6.07) is 5.04. The minimum atomic E-state index is -0.907. The van der Waals surface area contributed by atoms with Crippen molar-refractivity contribution in [2.24, 2.45) is 0 Å². The van der Waals surface area contributed by atoms with Gasteiger partial charge in [-0.1, -0.05) is 6.92 Å². The molecule has 0 bridgehead atoms. The van der Waals surface area contributed by atoms with Gasteiger partial charge in [-0.05, 0) is 35.7 Å². The standard InChI is InChI=1S/C14H15F2NO/c1-2-13-3-9(8-17-13)4-14(18)10-5-11(15)7-12(16)6-10/h3,5-8,14,17-18H,2,4H2,1H3. The Morgan fingerprint density at radius 2 is 1.83 bits per heavy atom. The summed E-state index contributed by atoms with van der Waals surface area (Å²) in [6.45, 7) is 2.02. The first kappa shape index (κ1) is 12.8. The number of benzene rings is 1. The predicted molar refractivity (Wildman–Crippen MR) is 65.2 cm³/mol. The van der Waals surface area contributed by atoms with Gasteiger partial charge in [-0.15, -0.1) is 0 Å². The average molecular weight is 251 g/mol. The van der Waals surface area contributed by atoms with E-state index in [-0.39, 0.29) is 5.56 Å². The number of halogens is 2. The first-order valence-corrected chi connectivity index (χ1v) is 5.88. The van der Waals surface area contributed by atoms with Crippen molar-refractivity contribution in [3.8, 4) is 0 Å². The molecule has 0 amide bonds. The Morgan fingerprint density at radius 1 is 1.17 bits per heavy atom. The van der Waals surface area contributed by atoms with E-state index in [0.717, 1.165) is 35.9 Å². The van der Waals surface area contributed by atoms with E-state index in [1.54, 1.807) is 6.20 Å². The molecule has 18 heavy (non-hydrogen) atoms.